The monoisotopic (exact) mass is 297 g/mol. The smallest absolute Gasteiger partial charge is 0.414 e. The summed E-state index contributed by atoms with van der Waals surface area (Å²) in [5, 5.41) is 18.3. The average molecular weight is 297 g/mol. The van der Waals surface area contributed by atoms with E-state index in [1.54, 1.807) is 7.11 Å². The molecule has 0 aliphatic rings. The Morgan fingerprint density at radius 3 is 2.10 bits per heavy atom. The molecule has 0 unspecified atom stereocenters. The number of carbonyl (C=O) groups is 2. The summed E-state index contributed by atoms with van der Waals surface area (Å²) in [7, 11) is 1.72. The summed E-state index contributed by atoms with van der Waals surface area (Å²) in [6.07, 6.45) is 2.34. The third-order valence-electron chi connectivity index (χ3n) is 2.94. The third kappa shape index (κ3) is 7.94. The molecule has 0 saturated carbocycles. The number of hydrogen-bond acceptors (Lipinski definition) is 4. The summed E-state index contributed by atoms with van der Waals surface area (Å²) >= 11 is 0. The Morgan fingerprint density at radius 2 is 1.67 bits per heavy atom. The molecule has 0 spiro atoms. The Hall–Kier alpha value is -2.08. The van der Waals surface area contributed by atoms with Gasteiger partial charge in [-0.05, 0) is 18.9 Å². The Labute approximate surface area is 124 Å². The van der Waals surface area contributed by atoms with Crippen molar-refractivity contribution >= 4 is 11.9 Å². The molecule has 0 atom stereocenters. The molecule has 6 heteroatoms. The lowest BCUT2D eigenvalue weighted by Gasteiger charge is -2.16. The van der Waals surface area contributed by atoms with Crippen LogP contribution in [0, 0.1) is 0 Å². The normalized spacial score (nSPS) is 9.71. The highest BCUT2D eigenvalue weighted by Gasteiger charge is 2.05. The summed E-state index contributed by atoms with van der Waals surface area (Å²) in [5.74, 6) is -2.68. The second-order valence-corrected chi connectivity index (χ2v) is 4.32. The van der Waals surface area contributed by atoms with Gasteiger partial charge in [0.2, 0.25) is 0 Å². The second-order valence-electron chi connectivity index (χ2n) is 4.32. The van der Waals surface area contributed by atoms with Crippen molar-refractivity contribution in [1.82, 2.24) is 5.32 Å². The van der Waals surface area contributed by atoms with Crippen molar-refractivity contribution < 1.29 is 24.5 Å². The van der Waals surface area contributed by atoms with Crippen molar-refractivity contribution in [3.63, 3.8) is 0 Å². The fraction of sp³-hybridized carbons (Fsp3) is 0.467. The van der Waals surface area contributed by atoms with Crippen molar-refractivity contribution in [2.45, 2.75) is 39.3 Å². The van der Waals surface area contributed by atoms with Gasteiger partial charge >= 0.3 is 11.9 Å². The highest BCUT2D eigenvalue weighted by molar-refractivity contribution is 6.27. The maximum absolute atomic E-state index is 9.10. The van der Waals surface area contributed by atoms with Crippen molar-refractivity contribution in [3.05, 3.63) is 29.8 Å². The van der Waals surface area contributed by atoms with E-state index >= 15 is 0 Å². The van der Waals surface area contributed by atoms with E-state index in [2.05, 4.69) is 25.2 Å². The second kappa shape index (κ2) is 10.7. The largest absolute Gasteiger partial charge is 0.496 e. The van der Waals surface area contributed by atoms with Crippen molar-refractivity contribution in [2.75, 3.05) is 7.11 Å². The maximum Gasteiger partial charge on any atom is 0.414 e. The molecule has 0 amide bonds. The van der Waals surface area contributed by atoms with Crippen LogP contribution in [0.3, 0.4) is 0 Å². The van der Waals surface area contributed by atoms with Crippen LogP contribution < -0.4 is 10.1 Å². The molecule has 0 bridgehead atoms. The highest BCUT2D eigenvalue weighted by Crippen LogP contribution is 2.17. The standard InChI is InChI=1S/C13H21NO.C2H2O4/c1-4-12(5-2)14-10-11-8-6-7-9-13(11)15-3;3-1(4)2(5)6/h6-9,12,14H,4-5,10H2,1-3H3;(H,3,4)(H,5,6). The number of carboxylic acids is 2. The topological polar surface area (TPSA) is 95.9 Å². The fourth-order valence-electron chi connectivity index (χ4n) is 1.68. The molecular weight excluding hydrogens is 274 g/mol. The number of benzene rings is 1. The number of aliphatic carboxylic acids is 2. The Morgan fingerprint density at radius 1 is 1.14 bits per heavy atom. The maximum atomic E-state index is 9.10. The number of para-hydroxylation sites is 1. The molecule has 1 aromatic carbocycles. The molecule has 1 aromatic rings. The van der Waals surface area contributed by atoms with Crippen LogP contribution in [-0.2, 0) is 16.1 Å². The molecule has 0 saturated heterocycles. The molecule has 0 fully saturated rings. The molecule has 0 aromatic heterocycles. The van der Waals surface area contributed by atoms with Gasteiger partial charge in [-0.2, -0.15) is 0 Å². The van der Waals surface area contributed by atoms with E-state index in [0.29, 0.717) is 6.04 Å². The summed E-state index contributed by atoms with van der Waals surface area (Å²) < 4.78 is 5.30. The number of nitrogens with one attached hydrogen (secondary N) is 1. The van der Waals surface area contributed by atoms with Crippen LogP contribution in [0.5, 0.6) is 5.75 Å². The number of hydrogen-bond donors (Lipinski definition) is 3. The average Bonchev–Trinajstić information content (AvgIpc) is 2.49. The van der Waals surface area contributed by atoms with Gasteiger partial charge in [-0.15, -0.1) is 0 Å². The van der Waals surface area contributed by atoms with Gasteiger partial charge in [0, 0.05) is 18.2 Å². The van der Waals surface area contributed by atoms with Crippen LogP contribution in [0.4, 0.5) is 0 Å². The van der Waals surface area contributed by atoms with Crippen LogP contribution >= 0.6 is 0 Å². The number of methoxy groups -OCH3 is 1. The highest BCUT2D eigenvalue weighted by atomic mass is 16.5. The first kappa shape index (κ1) is 18.9. The lowest BCUT2D eigenvalue weighted by atomic mass is 10.1. The minimum Gasteiger partial charge on any atom is -0.496 e. The predicted molar refractivity (Wildman–Crippen MR) is 79.5 cm³/mol. The van der Waals surface area contributed by atoms with Crippen molar-refractivity contribution in [1.29, 1.82) is 0 Å². The van der Waals surface area contributed by atoms with Gasteiger partial charge in [-0.25, -0.2) is 9.59 Å². The van der Waals surface area contributed by atoms with Crippen LogP contribution in [0.2, 0.25) is 0 Å². The molecule has 21 heavy (non-hydrogen) atoms. The van der Waals surface area contributed by atoms with Gasteiger partial charge in [0.25, 0.3) is 0 Å². The van der Waals surface area contributed by atoms with Crippen molar-refractivity contribution in [2.24, 2.45) is 0 Å². The molecule has 0 aliphatic carbocycles. The van der Waals surface area contributed by atoms with Gasteiger partial charge < -0.3 is 20.3 Å². The Bertz CT molecular complexity index is 431. The summed E-state index contributed by atoms with van der Waals surface area (Å²) in [5.41, 5.74) is 1.23. The summed E-state index contributed by atoms with van der Waals surface area (Å²) in [6.45, 7) is 5.31. The van der Waals surface area contributed by atoms with Crippen LogP contribution in [0.25, 0.3) is 0 Å². The fourth-order valence-corrected chi connectivity index (χ4v) is 1.68. The SMILES string of the molecule is CCC(CC)NCc1ccccc1OC.O=C(O)C(=O)O. The first-order chi connectivity index (χ1) is 9.96. The van der Waals surface area contributed by atoms with Gasteiger partial charge in [0.1, 0.15) is 5.75 Å². The summed E-state index contributed by atoms with van der Waals surface area (Å²) in [6, 6.07) is 8.76. The Balaban J connectivity index is 0.000000567. The Kier molecular flexibility index (Phi) is 9.62. The lowest BCUT2D eigenvalue weighted by Crippen LogP contribution is -2.27. The zero-order valence-electron chi connectivity index (χ0n) is 12.6. The van der Waals surface area contributed by atoms with Gasteiger partial charge in [-0.1, -0.05) is 32.0 Å². The molecule has 0 radical (unpaired) electrons. The zero-order chi connectivity index (χ0) is 16.3. The van der Waals surface area contributed by atoms with E-state index in [-0.39, 0.29) is 0 Å². The molecule has 118 valence electrons. The number of carboxylic acid groups (broad SMARTS) is 2. The van der Waals surface area contributed by atoms with E-state index in [9.17, 15) is 0 Å². The molecule has 3 N–H and O–H groups in total. The zero-order valence-corrected chi connectivity index (χ0v) is 12.6. The first-order valence-corrected chi connectivity index (χ1v) is 6.77. The minimum atomic E-state index is -1.82. The van der Waals surface area contributed by atoms with Crippen LogP contribution in [0.1, 0.15) is 32.3 Å². The minimum absolute atomic E-state index is 0.606. The number of ether oxygens (including phenoxy) is 1. The molecular formula is C15H23NO5. The van der Waals surface area contributed by atoms with Crippen LogP contribution in [-0.4, -0.2) is 35.3 Å². The van der Waals surface area contributed by atoms with Gasteiger partial charge in [0.05, 0.1) is 7.11 Å². The van der Waals surface area contributed by atoms with E-state index < -0.39 is 11.9 Å². The van der Waals surface area contributed by atoms with Crippen LogP contribution in [0.15, 0.2) is 24.3 Å². The number of rotatable bonds is 6. The quantitative estimate of drug-likeness (QED) is 0.696. The molecule has 6 nitrogen and oxygen atoms in total. The lowest BCUT2D eigenvalue weighted by molar-refractivity contribution is -0.159. The van der Waals surface area contributed by atoms with E-state index in [0.717, 1.165) is 12.3 Å². The van der Waals surface area contributed by atoms with E-state index in [1.807, 2.05) is 18.2 Å². The van der Waals surface area contributed by atoms with Gasteiger partial charge in [0.15, 0.2) is 0 Å². The van der Waals surface area contributed by atoms with E-state index in [4.69, 9.17) is 24.5 Å². The van der Waals surface area contributed by atoms with Gasteiger partial charge in [-0.3, -0.25) is 0 Å². The first-order valence-electron chi connectivity index (χ1n) is 6.77. The van der Waals surface area contributed by atoms with Crippen molar-refractivity contribution in [3.8, 4) is 5.75 Å². The third-order valence-corrected chi connectivity index (χ3v) is 2.94. The summed E-state index contributed by atoms with van der Waals surface area (Å²) in [4.78, 5) is 18.2. The predicted octanol–water partition coefficient (Wildman–Crippen LogP) is 2.13. The van der Waals surface area contributed by atoms with E-state index in [1.165, 1.54) is 18.4 Å². The molecule has 1 rings (SSSR count). The molecule has 0 aliphatic heterocycles. The molecule has 0 heterocycles.